The summed E-state index contributed by atoms with van der Waals surface area (Å²) in [5.41, 5.74) is 1.35. The zero-order chi connectivity index (χ0) is 7.89. The highest BCUT2D eigenvalue weighted by atomic mass is 27.0. The summed E-state index contributed by atoms with van der Waals surface area (Å²) in [6.07, 6.45) is 0. The van der Waals surface area contributed by atoms with Crippen LogP contribution in [0.3, 0.4) is 0 Å². The van der Waals surface area contributed by atoms with E-state index in [2.05, 4.69) is 54.3 Å². The van der Waals surface area contributed by atoms with E-state index in [-0.39, 0.29) is 0 Å². The maximum Gasteiger partial charge on any atom is 0.174 e. The van der Waals surface area contributed by atoms with Crippen molar-refractivity contribution in [3.63, 3.8) is 0 Å². The minimum absolute atomic E-state index is 0.537. The van der Waals surface area contributed by atoms with Crippen LogP contribution in [0.25, 0.3) is 0 Å². The van der Waals surface area contributed by atoms with Gasteiger partial charge in [-0.05, 0) is 13.8 Å². The van der Waals surface area contributed by atoms with Crippen molar-refractivity contribution in [3.05, 3.63) is 10.1 Å². The largest absolute Gasteiger partial charge is 0.315 e. The van der Waals surface area contributed by atoms with Gasteiger partial charge >= 0.3 is 0 Å². The van der Waals surface area contributed by atoms with Gasteiger partial charge in [0.05, 0.1) is 0 Å². The predicted molar refractivity (Wildman–Crippen MR) is 43.4 cm³/mol. The summed E-state index contributed by atoms with van der Waals surface area (Å²) >= 11 is 2.80. The zero-order valence-electron chi connectivity index (χ0n) is 7.05. The van der Waals surface area contributed by atoms with E-state index in [9.17, 15) is 0 Å². The van der Waals surface area contributed by atoms with Gasteiger partial charge in [0.15, 0.2) is 16.3 Å². The van der Waals surface area contributed by atoms with E-state index >= 15 is 0 Å². The third-order valence-corrected chi connectivity index (χ3v) is 3.29. The highest BCUT2D eigenvalue weighted by Gasteiger charge is 2.23. The second kappa shape index (κ2) is 2.58. The molecule has 0 aromatic carbocycles. The molecule has 10 heavy (non-hydrogen) atoms. The average molecular weight is 152 g/mol. The van der Waals surface area contributed by atoms with E-state index in [0.29, 0.717) is 6.04 Å². The number of likely N-dealkylation sites (N-methyl/N-ethyl adjacent to an activating group) is 1. The number of hydrogen-bond donors (Lipinski definition) is 0. The summed E-state index contributed by atoms with van der Waals surface area (Å²) in [4.78, 5) is 0. The van der Waals surface area contributed by atoms with Crippen LogP contribution < -0.4 is 0 Å². The molecule has 0 saturated heterocycles. The summed E-state index contributed by atoms with van der Waals surface area (Å²) < 4.78 is 1.39. The Morgan fingerprint density at radius 1 is 1.40 bits per heavy atom. The molecule has 0 amide bonds. The Hall–Kier alpha value is 0.0325. The third-order valence-electron chi connectivity index (χ3n) is 2.39. The smallest absolute Gasteiger partial charge is 0.174 e. The first-order valence-electron chi connectivity index (χ1n) is 3.48. The number of nitrogens with zero attached hydrogens (tertiary/aromatic N) is 2. The van der Waals surface area contributed by atoms with Gasteiger partial charge in [-0.15, -0.1) is 4.44 Å². The van der Waals surface area contributed by atoms with Crippen LogP contribution in [0, 0.1) is 0 Å². The lowest BCUT2D eigenvalue weighted by molar-refractivity contribution is 0.0688. The van der Waals surface area contributed by atoms with Gasteiger partial charge < -0.3 is 5.01 Å². The second-order valence-corrected chi connectivity index (χ2v) is 3.44. The van der Waals surface area contributed by atoms with Crippen LogP contribution >= 0.6 is 0 Å². The lowest BCUT2D eigenvalue weighted by Gasteiger charge is -2.26. The molecule has 2 nitrogen and oxygen atoms in total. The van der Waals surface area contributed by atoms with E-state index in [1.807, 2.05) is 0 Å². The van der Waals surface area contributed by atoms with Gasteiger partial charge in [-0.3, -0.25) is 0 Å². The minimum Gasteiger partial charge on any atom is -0.315 e. The van der Waals surface area contributed by atoms with Crippen molar-refractivity contribution >= 4 is 16.3 Å². The molecule has 0 saturated carbocycles. The van der Waals surface area contributed by atoms with E-state index in [4.69, 9.17) is 0 Å². The van der Waals surface area contributed by atoms with Crippen molar-refractivity contribution in [2.45, 2.75) is 19.9 Å². The SMILES string of the molecule is CC1=[C]([Al])C(C)N(C)N1C. The molecule has 1 aliphatic rings. The number of hydrazine groups is 1. The van der Waals surface area contributed by atoms with Crippen LogP contribution in [0.2, 0.25) is 0 Å². The molecule has 1 heterocycles. The molecule has 1 atom stereocenters. The fourth-order valence-corrected chi connectivity index (χ4v) is 1.59. The van der Waals surface area contributed by atoms with Crippen molar-refractivity contribution in [1.82, 2.24) is 10.0 Å². The third kappa shape index (κ3) is 0.990. The maximum atomic E-state index is 2.80. The van der Waals surface area contributed by atoms with Crippen molar-refractivity contribution in [1.29, 1.82) is 0 Å². The average Bonchev–Trinajstić information content (AvgIpc) is 2.07. The normalized spacial score (nSPS) is 28.4. The quantitative estimate of drug-likeness (QED) is 0.468. The monoisotopic (exact) mass is 152 g/mol. The first-order chi connectivity index (χ1) is 4.55. The molecule has 1 rings (SSSR count). The van der Waals surface area contributed by atoms with Gasteiger partial charge in [-0.1, -0.05) is 0 Å². The first kappa shape index (κ1) is 8.13. The van der Waals surface area contributed by atoms with Gasteiger partial charge in [-0.2, -0.15) is 0 Å². The van der Waals surface area contributed by atoms with Crippen LogP contribution in [0.4, 0.5) is 0 Å². The Balaban J connectivity index is 2.88. The first-order valence-corrected chi connectivity index (χ1v) is 4.06. The lowest BCUT2D eigenvalue weighted by atomic mass is 10.3. The van der Waals surface area contributed by atoms with Crippen molar-refractivity contribution in [2.75, 3.05) is 14.1 Å². The van der Waals surface area contributed by atoms with Crippen LogP contribution in [0.1, 0.15) is 13.8 Å². The maximum absolute atomic E-state index is 2.80. The molecule has 0 aliphatic carbocycles. The Morgan fingerprint density at radius 2 is 1.90 bits per heavy atom. The number of hydrogen-bond acceptors (Lipinski definition) is 2. The standard InChI is InChI=1S/C7H13N2.Al/c1-6-5-7(2)9(4)8(6)3;/h6H,1-4H3;. The minimum atomic E-state index is 0.537. The molecule has 1 aliphatic heterocycles. The van der Waals surface area contributed by atoms with Gasteiger partial charge in [-0.25, -0.2) is 5.01 Å². The lowest BCUT2D eigenvalue weighted by Crippen LogP contribution is -2.35. The Labute approximate surface area is 70.9 Å². The predicted octanol–water partition coefficient (Wildman–Crippen LogP) is 0.567. The molecular weight excluding hydrogens is 139 g/mol. The summed E-state index contributed by atoms with van der Waals surface area (Å²) in [6, 6.07) is 0.537. The van der Waals surface area contributed by atoms with Crippen LogP contribution in [-0.4, -0.2) is 46.4 Å². The van der Waals surface area contributed by atoms with Crippen LogP contribution in [0.15, 0.2) is 10.1 Å². The molecule has 3 heteroatoms. The fourth-order valence-electron chi connectivity index (χ4n) is 1.19. The molecule has 1 unspecified atom stereocenters. The molecule has 0 fully saturated rings. The molecule has 0 bridgehead atoms. The molecule has 0 aromatic heterocycles. The summed E-state index contributed by atoms with van der Waals surface area (Å²) in [7, 11) is 4.19. The van der Waals surface area contributed by atoms with E-state index in [1.165, 1.54) is 10.1 Å². The van der Waals surface area contributed by atoms with Crippen molar-refractivity contribution in [2.24, 2.45) is 0 Å². The number of allylic oxidation sites excluding steroid dienone is 1. The Morgan fingerprint density at radius 3 is 2.00 bits per heavy atom. The van der Waals surface area contributed by atoms with E-state index in [0.717, 1.165) is 0 Å². The molecule has 2 radical (unpaired) electrons. The molecule has 0 spiro atoms. The number of rotatable bonds is 0. The van der Waals surface area contributed by atoms with E-state index in [1.54, 1.807) is 0 Å². The Kier molecular flexibility index (Phi) is 2.10. The zero-order valence-corrected chi connectivity index (χ0v) is 8.20. The molecule has 54 valence electrons. The molecular formula is C7H13AlN2. The van der Waals surface area contributed by atoms with E-state index < -0.39 is 0 Å². The van der Waals surface area contributed by atoms with Crippen molar-refractivity contribution in [3.8, 4) is 0 Å². The van der Waals surface area contributed by atoms with Gasteiger partial charge in [0.1, 0.15) is 0 Å². The highest BCUT2D eigenvalue weighted by Crippen LogP contribution is 2.22. The topological polar surface area (TPSA) is 6.48 Å². The molecule has 0 aromatic rings. The van der Waals surface area contributed by atoms with Crippen LogP contribution in [0.5, 0.6) is 0 Å². The fraction of sp³-hybridized carbons (Fsp3) is 0.714. The summed E-state index contributed by atoms with van der Waals surface area (Å²) in [6.45, 7) is 4.34. The second-order valence-electron chi connectivity index (χ2n) is 2.81. The molecule has 0 N–H and O–H groups in total. The summed E-state index contributed by atoms with van der Waals surface area (Å²) in [5, 5.41) is 4.39. The van der Waals surface area contributed by atoms with Gasteiger partial charge in [0, 0.05) is 25.8 Å². The Bertz CT molecular complexity index is 158. The van der Waals surface area contributed by atoms with Gasteiger partial charge in [0.2, 0.25) is 0 Å². The van der Waals surface area contributed by atoms with Crippen molar-refractivity contribution < 1.29 is 0 Å². The summed E-state index contributed by atoms with van der Waals surface area (Å²) in [5.74, 6) is 0. The van der Waals surface area contributed by atoms with Crippen LogP contribution in [-0.2, 0) is 0 Å². The highest BCUT2D eigenvalue weighted by molar-refractivity contribution is 6.22. The van der Waals surface area contributed by atoms with Gasteiger partial charge in [0.25, 0.3) is 0 Å².